The van der Waals surface area contributed by atoms with Crippen molar-refractivity contribution in [2.45, 2.75) is 39.1 Å². The second kappa shape index (κ2) is 5.02. The third-order valence-electron chi connectivity index (χ3n) is 2.99. The molecule has 17 heavy (non-hydrogen) atoms. The predicted octanol–water partition coefficient (Wildman–Crippen LogP) is 1.75. The molecule has 4 heteroatoms. The number of pyridine rings is 1. The number of ether oxygens (including phenoxy) is 1. The number of nitrogens with zero attached hydrogens (tertiary/aromatic N) is 2. The second-order valence-electron chi connectivity index (χ2n) is 4.75. The first-order chi connectivity index (χ1) is 8.08. The van der Waals surface area contributed by atoms with Crippen LogP contribution < -0.4 is 4.90 Å². The van der Waals surface area contributed by atoms with Gasteiger partial charge in [0.25, 0.3) is 0 Å². The van der Waals surface area contributed by atoms with Crippen LogP contribution >= 0.6 is 0 Å². The molecule has 0 unspecified atom stereocenters. The van der Waals surface area contributed by atoms with Gasteiger partial charge in [0.05, 0.1) is 18.3 Å². The van der Waals surface area contributed by atoms with E-state index in [9.17, 15) is 5.11 Å². The van der Waals surface area contributed by atoms with Crippen molar-refractivity contribution in [1.82, 2.24) is 4.98 Å². The van der Waals surface area contributed by atoms with Crippen LogP contribution in [0.25, 0.3) is 0 Å². The van der Waals surface area contributed by atoms with Gasteiger partial charge >= 0.3 is 0 Å². The molecule has 94 valence electrons. The molecule has 1 aliphatic heterocycles. The van der Waals surface area contributed by atoms with Gasteiger partial charge in [-0.2, -0.15) is 0 Å². The van der Waals surface area contributed by atoms with E-state index in [-0.39, 0.29) is 12.2 Å². The molecule has 2 heterocycles. The first-order valence-electron chi connectivity index (χ1n) is 6.11. The summed E-state index contributed by atoms with van der Waals surface area (Å²) in [5.41, 5.74) is 0.883. The Bertz CT molecular complexity index is 371. The predicted molar refractivity (Wildman–Crippen MR) is 67.1 cm³/mol. The molecule has 0 spiro atoms. The summed E-state index contributed by atoms with van der Waals surface area (Å²) in [6, 6.07) is 3.79. The van der Waals surface area contributed by atoms with E-state index < -0.39 is 6.10 Å². The highest BCUT2D eigenvalue weighted by atomic mass is 16.5. The van der Waals surface area contributed by atoms with Crippen molar-refractivity contribution < 1.29 is 9.84 Å². The van der Waals surface area contributed by atoms with E-state index >= 15 is 0 Å². The Kier molecular flexibility index (Phi) is 3.64. The molecule has 0 aromatic carbocycles. The third-order valence-corrected chi connectivity index (χ3v) is 2.99. The first kappa shape index (κ1) is 12.3. The van der Waals surface area contributed by atoms with Gasteiger partial charge in [0.2, 0.25) is 0 Å². The maximum Gasteiger partial charge on any atom is 0.134 e. The van der Waals surface area contributed by atoms with Gasteiger partial charge in [0, 0.05) is 24.8 Å². The third kappa shape index (κ3) is 2.76. The van der Waals surface area contributed by atoms with Gasteiger partial charge in [0.15, 0.2) is 0 Å². The summed E-state index contributed by atoms with van der Waals surface area (Å²) in [6.07, 6.45) is 1.67. The molecular formula is C13H20N2O2. The number of hydrogen-bond acceptors (Lipinski definition) is 4. The number of anilines is 1. The molecule has 3 atom stereocenters. The molecule has 4 nitrogen and oxygen atoms in total. The van der Waals surface area contributed by atoms with Crippen molar-refractivity contribution in [3.05, 3.63) is 23.9 Å². The lowest BCUT2D eigenvalue weighted by Crippen LogP contribution is -2.46. The monoisotopic (exact) mass is 236 g/mol. The number of hydrogen-bond donors (Lipinski definition) is 1. The highest BCUT2D eigenvalue weighted by Crippen LogP contribution is 2.26. The quantitative estimate of drug-likeness (QED) is 0.849. The lowest BCUT2D eigenvalue weighted by molar-refractivity contribution is -0.00563. The Hall–Kier alpha value is -1.13. The molecule has 1 aromatic heterocycles. The maximum absolute atomic E-state index is 9.77. The smallest absolute Gasteiger partial charge is 0.134 e. The van der Waals surface area contributed by atoms with E-state index in [0.29, 0.717) is 0 Å². The number of rotatable bonds is 2. The van der Waals surface area contributed by atoms with Crippen molar-refractivity contribution in [2.75, 3.05) is 18.0 Å². The van der Waals surface area contributed by atoms with Crippen LogP contribution in [-0.2, 0) is 4.74 Å². The first-order valence-corrected chi connectivity index (χ1v) is 6.11. The summed E-state index contributed by atoms with van der Waals surface area (Å²) in [5.74, 6) is 0.879. The average Bonchev–Trinajstić information content (AvgIpc) is 2.27. The Labute approximate surface area is 102 Å². The number of morpholine rings is 1. The number of aliphatic hydroxyl groups excluding tert-OH is 1. The number of aliphatic hydroxyl groups is 1. The molecule has 0 saturated carbocycles. The standard InChI is InChI=1S/C13H20N2O2/c1-9-7-15(8-10(2)17-9)13-12(11(3)16)5-4-6-14-13/h4-6,9-11,16H,7-8H2,1-3H3/t9-,10+,11-/m0/s1. The zero-order chi connectivity index (χ0) is 12.4. The molecule has 2 rings (SSSR count). The van der Waals surface area contributed by atoms with Crippen LogP contribution in [-0.4, -0.2) is 35.4 Å². The Morgan fingerprint density at radius 1 is 1.41 bits per heavy atom. The molecular weight excluding hydrogens is 216 g/mol. The summed E-state index contributed by atoms with van der Waals surface area (Å²) < 4.78 is 5.71. The van der Waals surface area contributed by atoms with Crippen LogP contribution in [0.15, 0.2) is 18.3 Å². The van der Waals surface area contributed by atoms with Crippen molar-refractivity contribution in [1.29, 1.82) is 0 Å². The average molecular weight is 236 g/mol. The summed E-state index contributed by atoms with van der Waals surface area (Å²) in [4.78, 5) is 6.60. The largest absolute Gasteiger partial charge is 0.389 e. The van der Waals surface area contributed by atoms with E-state index in [4.69, 9.17) is 4.74 Å². The van der Waals surface area contributed by atoms with Gasteiger partial charge in [-0.05, 0) is 26.8 Å². The van der Waals surface area contributed by atoms with Gasteiger partial charge in [-0.15, -0.1) is 0 Å². The van der Waals surface area contributed by atoms with E-state index in [0.717, 1.165) is 24.5 Å². The van der Waals surface area contributed by atoms with Crippen LogP contribution in [0.1, 0.15) is 32.4 Å². The fourth-order valence-corrected chi connectivity index (χ4v) is 2.35. The van der Waals surface area contributed by atoms with Crippen LogP contribution in [0.2, 0.25) is 0 Å². The number of aromatic nitrogens is 1. The second-order valence-corrected chi connectivity index (χ2v) is 4.75. The highest BCUT2D eigenvalue weighted by Gasteiger charge is 2.25. The van der Waals surface area contributed by atoms with E-state index in [1.54, 1.807) is 13.1 Å². The summed E-state index contributed by atoms with van der Waals surface area (Å²) in [6.45, 7) is 7.54. The minimum absolute atomic E-state index is 0.197. The van der Waals surface area contributed by atoms with Crippen LogP contribution in [0.3, 0.4) is 0 Å². The summed E-state index contributed by atoms with van der Waals surface area (Å²) in [7, 11) is 0. The van der Waals surface area contributed by atoms with Crippen LogP contribution in [0, 0.1) is 0 Å². The SMILES string of the molecule is C[C@@H]1CN(c2ncccc2[C@H](C)O)C[C@H](C)O1. The van der Waals surface area contributed by atoms with Crippen molar-refractivity contribution in [3.8, 4) is 0 Å². The zero-order valence-corrected chi connectivity index (χ0v) is 10.6. The molecule has 0 amide bonds. The topological polar surface area (TPSA) is 45.6 Å². The molecule has 1 aliphatic rings. The minimum atomic E-state index is -0.493. The Morgan fingerprint density at radius 3 is 2.65 bits per heavy atom. The normalized spacial score (nSPS) is 26.9. The Morgan fingerprint density at radius 2 is 2.06 bits per heavy atom. The lowest BCUT2D eigenvalue weighted by Gasteiger charge is -2.37. The molecule has 1 fully saturated rings. The fourth-order valence-electron chi connectivity index (χ4n) is 2.35. The summed E-state index contributed by atoms with van der Waals surface area (Å²) in [5, 5.41) is 9.77. The van der Waals surface area contributed by atoms with Gasteiger partial charge < -0.3 is 14.7 Å². The van der Waals surface area contributed by atoms with Crippen LogP contribution in [0.5, 0.6) is 0 Å². The van der Waals surface area contributed by atoms with Gasteiger partial charge in [-0.1, -0.05) is 6.07 Å². The van der Waals surface area contributed by atoms with E-state index in [1.807, 2.05) is 12.1 Å². The highest BCUT2D eigenvalue weighted by molar-refractivity contribution is 5.48. The van der Waals surface area contributed by atoms with Crippen molar-refractivity contribution in [2.24, 2.45) is 0 Å². The molecule has 1 saturated heterocycles. The summed E-state index contributed by atoms with van der Waals surface area (Å²) >= 11 is 0. The molecule has 1 N–H and O–H groups in total. The molecule has 0 aliphatic carbocycles. The van der Waals surface area contributed by atoms with Gasteiger partial charge in [-0.3, -0.25) is 0 Å². The van der Waals surface area contributed by atoms with Gasteiger partial charge in [0.1, 0.15) is 5.82 Å². The minimum Gasteiger partial charge on any atom is -0.389 e. The van der Waals surface area contributed by atoms with E-state index in [1.165, 1.54) is 0 Å². The lowest BCUT2D eigenvalue weighted by atomic mass is 10.1. The molecule has 0 radical (unpaired) electrons. The van der Waals surface area contributed by atoms with Crippen LogP contribution in [0.4, 0.5) is 5.82 Å². The van der Waals surface area contributed by atoms with Crippen molar-refractivity contribution >= 4 is 5.82 Å². The maximum atomic E-state index is 9.77. The zero-order valence-electron chi connectivity index (χ0n) is 10.6. The van der Waals surface area contributed by atoms with Crippen molar-refractivity contribution in [3.63, 3.8) is 0 Å². The molecule has 0 bridgehead atoms. The van der Waals surface area contributed by atoms with E-state index in [2.05, 4.69) is 23.7 Å². The van der Waals surface area contributed by atoms with Gasteiger partial charge in [-0.25, -0.2) is 4.98 Å². The fraction of sp³-hybridized carbons (Fsp3) is 0.615. The molecule has 1 aromatic rings. The Balaban J connectivity index is 2.27.